The smallest absolute Gasteiger partial charge is 0.255 e. The van der Waals surface area contributed by atoms with Gasteiger partial charge in [0.1, 0.15) is 0 Å². The predicted molar refractivity (Wildman–Crippen MR) is 98.6 cm³/mol. The van der Waals surface area contributed by atoms with Gasteiger partial charge in [0.2, 0.25) is 0 Å². The third-order valence-electron chi connectivity index (χ3n) is 4.57. The number of ether oxygens (including phenoxy) is 1. The second kappa shape index (κ2) is 7.58. The van der Waals surface area contributed by atoms with Gasteiger partial charge in [-0.05, 0) is 57.9 Å². The van der Waals surface area contributed by atoms with Crippen molar-refractivity contribution in [3.05, 3.63) is 46.2 Å². The van der Waals surface area contributed by atoms with Crippen LogP contribution in [-0.4, -0.2) is 46.4 Å². The zero-order chi connectivity index (χ0) is 18.0. The molecule has 5 nitrogen and oxygen atoms in total. The molecule has 0 atom stereocenters. The van der Waals surface area contributed by atoms with Crippen LogP contribution in [0, 0.1) is 13.8 Å². The van der Waals surface area contributed by atoms with Gasteiger partial charge in [-0.3, -0.25) is 4.79 Å². The van der Waals surface area contributed by atoms with E-state index < -0.39 is 0 Å². The van der Waals surface area contributed by atoms with Crippen LogP contribution in [0.3, 0.4) is 0 Å². The summed E-state index contributed by atoms with van der Waals surface area (Å²) in [7, 11) is 0. The fraction of sp³-hybridized carbons (Fsp3) is 0.474. The van der Waals surface area contributed by atoms with Gasteiger partial charge < -0.3 is 9.64 Å². The Balaban J connectivity index is 1.81. The molecule has 1 aromatic carbocycles. The van der Waals surface area contributed by atoms with E-state index in [4.69, 9.17) is 16.3 Å². The SMILES string of the molecule is CCOC1CCN(C(=O)c2cc(-n3nc(C)cc3C)ccc2Cl)CC1. The molecule has 0 spiro atoms. The Hall–Kier alpha value is -1.85. The van der Waals surface area contributed by atoms with Gasteiger partial charge in [0.05, 0.1) is 28.1 Å². The molecular weight excluding hydrogens is 338 g/mol. The highest BCUT2D eigenvalue weighted by Gasteiger charge is 2.25. The molecule has 0 saturated carbocycles. The average molecular weight is 362 g/mol. The van der Waals surface area contributed by atoms with Gasteiger partial charge in [-0.15, -0.1) is 0 Å². The van der Waals surface area contributed by atoms with Crippen LogP contribution in [0.4, 0.5) is 0 Å². The molecule has 6 heteroatoms. The van der Waals surface area contributed by atoms with E-state index in [0.717, 1.165) is 36.5 Å². The molecule has 0 N–H and O–H groups in total. The van der Waals surface area contributed by atoms with Crippen molar-refractivity contribution in [1.82, 2.24) is 14.7 Å². The average Bonchev–Trinajstić information content (AvgIpc) is 2.94. The Morgan fingerprint density at radius 1 is 1.28 bits per heavy atom. The number of halogens is 1. The number of aromatic nitrogens is 2. The normalized spacial score (nSPS) is 15.6. The lowest BCUT2D eigenvalue weighted by molar-refractivity contribution is 0.0146. The first-order valence-electron chi connectivity index (χ1n) is 8.73. The number of hydrogen-bond donors (Lipinski definition) is 0. The van der Waals surface area contributed by atoms with Crippen LogP contribution >= 0.6 is 11.6 Å². The van der Waals surface area contributed by atoms with E-state index >= 15 is 0 Å². The predicted octanol–water partition coefficient (Wildman–Crippen LogP) is 3.78. The lowest BCUT2D eigenvalue weighted by atomic mass is 10.1. The molecule has 134 valence electrons. The van der Waals surface area contributed by atoms with Crippen LogP contribution < -0.4 is 0 Å². The zero-order valence-electron chi connectivity index (χ0n) is 15.0. The lowest BCUT2D eigenvalue weighted by Crippen LogP contribution is -2.41. The third kappa shape index (κ3) is 3.88. The lowest BCUT2D eigenvalue weighted by Gasteiger charge is -2.32. The summed E-state index contributed by atoms with van der Waals surface area (Å²) in [6.45, 7) is 8.06. The van der Waals surface area contributed by atoms with E-state index in [1.165, 1.54) is 0 Å². The Bertz CT molecular complexity index is 764. The van der Waals surface area contributed by atoms with E-state index in [0.29, 0.717) is 23.7 Å². The number of piperidine rings is 1. The molecule has 2 aromatic rings. The maximum atomic E-state index is 12.9. The molecule has 0 bridgehead atoms. The molecule has 3 rings (SSSR count). The summed E-state index contributed by atoms with van der Waals surface area (Å²) >= 11 is 6.32. The standard InChI is InChI=1S/C19H24ClN3O2/c1-4-25-16-7-9-22(10-8-16)19(24)17-12-15(5-6-18(17)20)23-14(3)11-13(2)21-23/h5-6,11-12,16H,4,7-10H2,1-3H3. The number of benzene rings is 1. The minimum atomic E-state index is -0.0247. The van der Waals surface area contributed by atoms with Gasteiger partial charge >= 0.3 is 0 Å². The molecule has 1 aliphatic heterocycles. The van der Waals surface area contributed by atoms with Crippen molar-refractivity contribution in [3.63, 3.8) is 0 Å². The fourth-order valence-corrected chi connectivity index (χ4v) is 3.53. The Labute approximate surface area is 153 Å². The maximum Gasteiger partial charge on any atom is 0.255 e. The molecular formula is C19H24ClN3O2. The number of carbonyl (C=O) groups is 1. The van der Waals surface area contributed by atoms with Crippen molar-refractivity contribution in [1.29, 1.82) is 0 Å². The third-order valence-corrected chi connectivity index (χ3v) is 4.90. The fourth-order valence-electron chi connectivity index (χ4n) is 3.33. The van der Waals surface area contributed by atoms with E-state index in [1.807, 2.05) is 48.6 Å². The van der Waals surface area contributed by atoms with E-state index in [1.54, 1.807) is 6.07 Å². The van der Waals surface area contributed by atoms with Crippen LogP contribution in [-0.2, 0) is 4.74 Å². The maximum absolute atomic E-state index is 12.9. The Kier molecular flexibility index (Phi) is 5.45. The highest BCUT2D eigenvalue weighted by molar-refractivity contribution is 6.33. The Morgan fingerprint density at radius 3 is 2.60 bits per heavy atom. The van der Waals surface area contributed by atoms with Gasteiger partial charge in [0.25, 0.3) is 5.91 Å². The first kappa shape index (κ1) is 18.0. The molecule has 1 fully saturated rings. The van der Waals surface area contributed by atoms with Crippen molar-refractivity contribution in [2.45, 2.75) is 39.7 Å². The van der Waals surface area contributed by atoms with Gasteiger partial charge in [-0.1, -0.05) is 11.6 Å². The van der Waals surface area contributed by atoms with Crippen LogP contribution in [0.2, 0.25) is 5.02 Å². The summed E-state index contributed by atoms with van der Waals surface area (Å²) in [4.78, 5) is 14.8. The summed E-state index contributed by atoms with van der Waals surface area (Å²) in [6.07, 6.45) is 1.99. The summed E-state index contributed by atoms with van der Waals surface area (Å²) in [5.41, 5.74) is 3.35. The zero-order valence-corrected chi connectivity index (χ0v) is 15.7. The van der Waals surface area contributed by atoms with Crippen LogP contribution in [0.25, 0.3) is 5.69 Å². The largest absolute Gasteiger partial charge is 0.378 e. The second-order valence-electron chi connectivity index (χ2n) is 6.45. The number of hydrogen-bond acceptors (Lipinski definition) is 3. The van der Waals surface area contributed by atoms with Crippen LogP contribution in [0.5, 0.6) is 0 Å². The highest BCUT2D eigenvalue weighted by Crippen LogP contribution is 2.24. The van der Waals surface area contributed by atoms with Crippen molar-refractivity contribution in [2.24, 2.45) is 0 Å². The van der Waals surface area contributed by atoms with E-state index in [-0.39, 0.29) is 12.0 Å². The molecule has 1 saturated heterocycles. The molecule has 0 aliphatic carbocycles. The molecule has 0 radical (unpaired) electrons. The highest BCUT2D eigenvalue weighted by atomic mass is 35.5. The van der Waals surface area contributed by atoms with Gasteiger partial charge in [-0.2, -0.15) is 5.10 Å². The van der Waals surface area contributed by atoms with Gasteiger partial charge in [0, 0.05) is 25.4 Å². The number of likely N-dealkylation sites (tertiary alicyclic amines) is 1. The first-order chi connectivity index (χ1) is 12.0. The summed E-state index contributed by atoms with van der Waals surface area (Å²) in [5.74, 6) is -0.0247. The number of aryl methyl sites for hydroxylation is 2. The second-order valence-corrected chi connectivity index (χ2v) is 6.86. The van der Waals surface area contributed by atoms with Gasteiger partial charge in [-0.25, -0.2) is 4.68 Å². The van der Waals surface area contributed by atoms with Crippen LogP contribution in [0.1, 0.15) is 41.5 Å². The van der Waals surface area contributed by atoms with E-state index in [2.05, 4.69) is 5.10 Å². The quantitative estimate of drug-likeness (QED) is 0.832. The minimum Gasteiger partial charge on any atom is -0.378 e. The van der Waals surface area contributed by atoms with Crippen molar-refractivity contribution < 1.29 is 9.53 Å². The molecule has 1 aliphatic rings. The van der Waals surface area contributed by atoms with Crippen molar-refractivity contribution >= 4 is 17.5 Å². The van der Waals surface area contributed by atoms with Gasteiger partial charge in [0.15, 0.2) is 0 Å². The summed E-state index contributed by atoms with van der Waals surface area (Å²) in [6, 6.07) is 7.50. The Morgan fingerprint density at radius 2 is 2.00 bits per heavy atom. The number of nitrogens with zero attached hydrogens (tertiary/aromatic N) is 3. The monoisotopic (exact) mass is 361 g/mol. The minimum absolute atomic E-state index is 0.0247. The first-order valence-corrected chi connectivity index (χ1v) is 9.11. The molecule has 2 heterocycles. The van der Waals surface area contributed by atoms with Crippen molar-refractivity contribution in [2.75, 3.05) is 19.7 Å². The topological polar surface area (TPSA) is 47.4 Å². The van der Waals surface area contributed by atoms with Crippen molar-refractivity contribution in [3.8, 4) is 5.69 Å². The molecule has 1 amide bonds. The van der Waals surface area contributed by atoms with Crippen LogP contribution in [0.15, 0.2) is 24.3 Å². The molecule has 1 aromatic heterocycles. The van der Waals surface area contributed by atoms with E-state index in [9.17, 15) is 4.79 Å². The number of amides is 1. The number of carbonyl (C=O) groups excluding carboxylic acids is 1. The molecule has 0 unspecified atom stereocenters. The summed E-state index contributed by atoms with van der Waals surface area (Å²) in [5, 5.41) is 4.96. The molecule has 25 heavy (non-hydrogen) atoms. The summed E-state index contributed by atoms with van der Waals surface area (Å²) < 4.78 is 7.49. The number of rotatable bonds is 4.